The molecule has 0 unspecified atom stereocenters. The van der Waals surface area contributed by atoms with E-state index in [1.165, 1.54) is 0 Å². The molecule has 3 aromatic heterocycles. The van der Waals surface area contributed by atoms with Crippen molar-refractivity contribution >= 4 is 29.8 Å². The van der Waals surface area contributed by atoms with E-state index < -0.39 is 0 Å². The van der Waals surface area contributed by atoms with E-state index in [9.17, 15) is 4.79 Å². The summed E-state index contributed by atoms with van der Waals surface area (Å²) in [4.78, 5) is 29.1. The molecule has 3 aliphatic rings. The minimum atomic E-state index is -0.386. The van der Waals surface area contributed by atoms with Crippen LogP contribution in [0.15, 0.2) is 47.8 Å². The number of H-pyrrole nitrogens is 3. The highest BCUT2D eigenvalue weighted by Crippen LogP contribution is 2.35. The highest BCUT2D eigenvalue weighted by Gasteiger charge is 2.30. The Morgan fingerprint density at radius 3 is 2.30 bits per heavy atom. The normalized spacial score (nSPS) is 17.6. The second-order valence-electron chi connectivity index (χ2n) is 6.99. The second kappa shape index (κ2) is 5.17. The van der Waals surface area contributed by atoms with Crippen LogP contribution in [-0.4, -0.2) is 26.0 Å². The summed E-state index contributed by atoms with van der Waals surface area (Å²) in [5, 5.41) is 3.31. The fraction of sp³-hybridized carbons (Fsp3) is 0.0952. The first kappa shape index (κ1) is 14.5. The molecule has 0 spiro atoms. The van der Waals surface area contributed by atoms with E-state index in [4.69, 9.17) is 4.84 Å². The minimum absolute atomic E-state index is 0.386. The molecule has 3 aliphatic heterocycles. The molecule has 6 nitrogen and oxygen atoms in total. The molecular weight excluding hydrogens is 340 g/mol. The van der Waals surface area contributed by atoms with Crippen LogP contribution < -0.4 is 10.7 Å². The fourth-order valence-electron chi connectivity index (χ4n) is 3.92. The van der Waals surface area contributed by atoms with Crippen molar-refractivity contribution in [3.05, 3.63) is 81.3 Å². The molecule has 0 saturated carbocycles. The van der Waals surface area contributed by atoms with E-state index >= 15 is 0 Å². The van der Waals surface area contributed by atoms with E-state index in [1.54, 1.807) is 5.06 Å². The van der Waals surface area contributed by atoms with Crippen molar-refractivity contribution in [2.24, 2.45) is 0 Å². The van der Waals surface area contributed by atoms with Crippen molar-refractivity contribution in [2.75, 3.05) is 0 Å². The molecule has 0 radical (unpaired) electrons. The predicted octanol–water partition coefficient (Wildman–Crippen LogP) is 1.96. The highest BCUT2D eigenvalue weighted by atomic mass is 16.7. The molecule has 0 aliphatic carbocycles. The Bertz CT molecular complexity index is 1280. The number of aromatic amines is 3. The average Bonchev–Trinajstić information content (AvgIpc) is 3.41. The van der Waals surface area contributed by atoms with Gasteiger partial charge in [0.1, 0.15) is 5.57 Å². The van der Waals surface area contributed by atoms with Crippen LogP contribution in [-0.2, 0) is 9.63 Å². The quantitative estimate of drug-likeness (QED) is 0.576. The van der Waals surface area contributed by atoms with E-state index in [2.05, 4.69) is 15.0 Å². The molecule has 27 heavy (non-hydrogen) atoms. The SMILES string of the molecule is O=C1ON2C3=Cc4ccc([nH]4)C=c4ccc([nH]4)=C1c1ccc([nH]1)C=C2CC3. The number of rotatable bonds is 0. The molecule has 0 atom stereocenters. The number of carbonyl (C=O) groups excluding carboxylic acids is 1. The maximum atomic E-state index is 13.1. The van der Waals surface area contributed by atoms with Gasteiger partial charge in [0.25, 0.3) is 0 Å². The lowest BCUT2D eigenvalue weighted by atomic mass is 10.2. The molecule has 1 saturated heterocycles. The summed E-state index contributed by atoms with van der Waals surface area (Å²) >= 11 is 0. The van der Waals surface area contributed by atoms with E-state index in [0.29, 0.717) is 5.57 Å². The van der Waals surface area contributed by atoms with Gasteiger partial charge in [-0.3, -0.25) is 0 Å². The third-order valence-corrected chi connectivity index (χ3v) is 5.18. The van der Waals surface area contributed by atoms with E-state index in [1.807, 2.05) is 54.6 Å². The van der Waals surface area contributed by atoms with Gasteiger partial charge in [-0.25, -0.2) is 4.79 Å². The average molecular weight is 356 g/mol. The Hall–Kier alpha value is -3.67. The Balaban J connectivity index is 1.73. The van der Waals surface area contributed by atoms with Crippen molar-refractivity contribution < 1.29 is 9.63 Å². The van der Waals surface area contributed by atoms with E-state index in [0.717, 1.165) is 57.7 Å². The first-order valence-corrected chi connectivity index (χ1v) is 8.96. The highest BCUT2D eigenvalue weighted by molar-refractivity contribution is 6.15. The number of hydroxylamine groups is 2. The lowest BCUT2D eigenvalue weighted by Crippen LogP contribution is -2.26. The summed E-state index contributed by atoms with van der Waals surface area (Å²) in [7, 11) is 0. The second-order valence-corrected chi connectivity index (χ2v) is 6.99. The van der Waals surface area contributed by atoms with E-state index in [-0.39, 0.29) is 5.97 Å². The Labute approximate surface area is 154 Å². The molecule has 6 heteroatoms. The zero-order valence-corrected chi connectivity index (χ0v) is 14.4. The van der Waals surface area contributed by atoms with Crippen LogP contribution in [0, 0.1) is 0 Å². The lowest BCUT2D eigenvalue weighted by Gasteiger charge is -2.20. The van der Waals surface area contributed by atoms with Crippen LogP contribution in [0.3, 0.4) is 0 Å². The van der Waals surface area contributed by atoms with Crippen molar-refractivity contribution in [1.29, 1.82) is 0 Å². The topological polar surface area (TPSA) is 76.9 Å². The Morgan fingerprint density at radius 1 is 0.778 bits per heavy atom. The van der Waals surface area contributed by atoms with Crippen molar-refractivity contribution in [1.82, 2.24) is 20.0 Å². The summed E-state index contributed by atoms with van der Waals surface area (Å²) in [6.07, 6.45) is 7.73. The van der Waals surface area contributed by atoms with Crippen LogP contribution in [0.1, 0.15) is 35.6 Å². The zero-order chi connectivity index (χ0) is 18.0. The summed E-state index contributed by atoms with van der Waals surface area (Å²) < 4.78 is 0. The van der Waals surface area contributed by atoms with Crippen LogP contribution in [0.25, 0.3) is 23.8 Å². The van der Waals surface area contributed by atoms with Gasteiger partial charge in [-0.1, -0.05) is 0 Å². The third-order valence-electron chi connectivity index (χ3n) is 5.18. The largest absolute Gasteiger partial charge is 0.367 e. The first-order valence-electron chi connectivity index (χ1n) is 8.96. The number of allylic oxidation sites excluding steroid dienone is 2. The minimum Gasteiger partial charge on any atom is -0.355 e. The number of fused-ring (bicyclic) bond motifs is 9. The van der Waals surface area contributed by atoms with Gasteiger partial charge in [0.15, 0.2) is 0 Å². The lowest BCUT2D eigenvalue weighted by molar-refractivity contribution is -0.164. The summed E-state index contributed by atoms with van der Waals surface area (Å²) in [6.45, 7) is 0. The molecule has 6 rings (SSSR count). The van der Waals surface area contributed by atoms with Crippen LogP contribution in [0.4, 0.5) is 0 Å². The van der Waals surface area contributed by atoms with Gasteiger partial charge < -0.3 is 19.8 Å². The maximum absolute atomic E-state index is 13.1. The van der Waals surface area contributed by atoms with Gasteiger partial charge in [0, 0.05) is 22.4 Å². The predicted molar refractivity (Wildman–Crippen MR) is 101 cm³/mol. The van der Waals surface area contributed by atoms with Gasteiger partial charge in [0.05, 0.1) is 22.4 Å². The number of hydrogen-bond donors (Lipinski definition) is 3. The Morgan fingerprint density at radius 2 is 1.48 bits per heavy atom. The summed E-state index contributed by atoms with van der Waals surface area (Å²) in [5.41, 5.74) is 6.08. The number of hydrogen-bond acceptors (Lipinski definition) is 3. The zero-order valence-electron chi connectivity index (χ0n) is 14.4. The first-order chi connectivity index (χ1) is 13.2. The molecule has 1 fully saturated rings. The summed E-state index contributed by atoms with van der Waals surface area (Å²) in [5.74, 6) is -0.386. The van der Waals surface area contributed by atoms with Gasteiger partial charge in [-0.15, -0.1) is 0 Å². The van der Waals surface area contributed by atoms with Gasteiger partial charge in [-0.2, -0.15) is 5.06 Å². The third kappa shape index (κ3) is 2.23. The number of aromatic nitrogens is 3. The van der Waals surface area contributed by atoms with Crippen LogP contribution in [0.5, 0.6) is 0 Å². The molecule has 3 aromatic rings. The monoisotopic (exact) mass is 356 g/mol. The number of nitrogens with zero attached hydrogens (tertiary/aromatic N) is 1. The number of nitrogens with one attached hydrogen (secondary N) is 3. The van der Waals surface area contributed by atoms with Gasteiger partial charge in [0.2, 0.25) is 0 Å². The molecule has 6 heterocycles. The molecule has 8 bridgehead atoms. The fourth-order valence-corrected chi connectivity index (χ4v) is 3.92. The molecule has 0 amide bonds. The van der Waals surface area contributed by atoms with Crippen molar-refractivity contribution in [3.8, 4) is 0 Å². The number of carbonyl (C=O) groups is 1. The van der Waals surface area contributed by atoms with Gasteiger partial charge >= 0.3 is 5.97 Å². The Kier molecular flexibility index (Phi) is 2.78. The van der Waals surface area contributed by atoms with Gasteiger partial charge in [-0.05, 0) is 67.5 Å². The molecule has 3 N–H and O–H groups in total. The van der Waals surface area contributed by atoms with Crippen molar-refractivity contribution in [2.45, 2.75) is 12.8 Å². The van der Waals surface area contributed by atoms with Crippen LogP contribution in [0.2, 0.25) is 0 Å². The van der Waals surface area contributed by atoms with Crippen LogP contribution >= 0.6 is 0 Å². The maximum Gasteiger partial charge on any atom is 0.367 e. The molecule has 132 valence electrons. The summed E-state index contributed by atoms with van der Waals surface area (Å²) in [6, 6.07) is 11.9. The molecular formula is C21H16N4O2. The molecule has 0 aromatic carbocycles. The van der Waals surface area contributed by atoms with Crippen molar-refractivity contribution in [3.63, 3.8) is 0 Å². The smallest absolute Gasteiger partial charge is 0.355 e. The standard InChI is InChI=1S/C21H16N4O2/c26-21-20-18-7-3-13(23-18)9-12-1-2-14(22-12)10-16-5-6-17(25(16)27-21)11-15-4-8-19(20)24-15/h1-4,7-11,22-24H,5-6H2.